The van der Waals surface area contributed by atoms with Crippen LogP contribution in [0.15, 0.2) is 54.6 Å². The van der Waals surface area contributed by atoms with Gasteiger partial charge in [0.25, 0.3) is 0 Å². The third kappa shape index (κ3) is 4.83. The topological polar surface area (TPSA) is 90.0 Å². The minimum Gasteiger partial charge on any atom is -0.448 e. The van der Waals surface area contributed by atoms with Gasteiger partial charge in [0.1, 0.15) is 12.7 Å². The summed E-state index contributed by atoms with van der Waals surface area (Å²) in [5.74, 6) is -0.152. The van der Waals surface area contributed by atoms with E-state index in [0.29, 0.717) is 17.7 Å². The molecule has 8 heteroatoms. The summed E-state index contributed by atoms with van der Waals surface area (Å²) in [5.41, 5.74) is 1.82. The monoisotopic (exact) mass is 417 g/mol. The van der Waals surface area contributed by atoms with Gasteiger partial charge in [-0.15, -0.1) is 0 Å². The summed E-state index contributed by atoms with van der Waals surface area (Å²) in [6.45, 7) is 2.82. The first kappa shape index (κ1) is 21.0. The van der Waals surface area contributed by atoms with Gasteiger partial charge in [0, 0.05) is 6.42 Å². The predicted octanol–water partition coefficient (Wildman–Crippen LogP) is 3.08. The molecular weight excluding hydrogens is 394 g/mol. The number of hydrogen-bond donors (Lipinski definition) is 0. The average Bonchev–Trinajstić information content (AvgIpc) is 2.71. The minimum atomic E-state index is -4.43. The van der Waals surface area contributed by atoms with Crippen molar-refractivity contribution in [2.24, 2.45) is 0 Å². The van der Waals surface area contributed by atoms with Crippen LogP contribution in [0.25, 0.3) is 0 Å². The third-order valence-electron chi connectivity index (χ3n) is 4.75. The van der Waals surface area contributed by atoms with Gasteiger partial charge in [0.2, 0.25) is 0 Å². The van der Waals surface area contributed by atoms with E-state index in [-0.39, 0.29) is 18.9 Å². The zero-order valence-electron chi connectivity index (χ0n) is 16.3. The fraction of sp³-hybridized carbons (Fsp3) is 0.333. The van der Waals surface area contributed by atoms with Crippen molar-refractivity contribution < 1.29 is 27.5 Å². The molecule has 2 aromatic carbocycles. The number of fused-ring (bicyclic) bond motifs is 1. The van der Waals surface area contributed by atoms with Gasteiger partial charge in [-0.2, -0.15) is 8.42 Å². The number of ether oxygens (including phenoxy) is 2. The van der Waals surface area contributed by atoms with Crippen molar-refractivity contribution in [3.8, 4) is 0 Å². The van der Waals surface area contributed by atoms with E-state index in [9.17, 15) is 18.0 Å². The first-order valence-corrected chi connectivity index (χ1v) is 10.7. The molecule has 0 aliphatic carbocycles. The normalized spacial score (nSPS) is 17.3. The van der Waals surface area contributed by atoms with Crippen LogP contribution in [-0.2, 0) is 37.3 Å². The second-order valence-electron chi connectivity index (χ2n) is 6.90. The highest BCUT2D eigenvalue weighted by atomic mass is 32.2. The Labute approximate surface area is 170 Å². The molecule has 0 saturated heterocycles. The summed E-state index contributed by atoms with van der Waals surface area (Å²) in [6, 6.07) is 15.8. The molecule has 2 atom stereocenters. The molecule has 0 aromatic heterocycles. The molecule has 0 fully saturated rings. The lowest BCUT2D eigenvalue weighted by Gasteiger charge is -2.35. The Bertz CT molecular complexity index is 989. The molecule has 1 unspecified atom stereocenters. The van der Waals surface area contributed by atoms with Gasteiger partial charge >= 0.3 is 15.3 Å². The Balaban J connectivity index is 1.81. The van der Waals surface area contributed by atoms with E-state index in [1.165, 1.54) is 6.92 Å². The molecule has 2 aromatic rings. The van der Waals surface area contributed by atoms with Crippen molar-refractivity contribution >= 4 is 26.8 Å². The average molecular weight is 417 g/mol. The number of Topliss-reactive ketones (excluding diaryl/α,β-unsaturated/α-hetero) is 1. The number of sulfonamides is 1. The summed E-state index contributed by atoms with van der Waals surface area (Å²) in [4.78, 5) is 24.0. The molecular formula is C21H23NO6S. The molecule has 0 bridgehead atoms. The van der Waals surface area contributed by atoms with Gasteiger partial charge in [-0.3, -0.25) is 9.10 Å². The number of nitrogens with zero attached hydrogens (tertiary/aromatic N) is 1. The molecule has 154 valence electrons. The summed E-state index contributed by atoms with van der Waals surface area (Å²) in [7, 11) is -4.43. The van der Waals surface area contributed by atoms with Crippen LogP contribution in [0.2, 0.25) is 0 Å². The van der Waals surface area contributed by atoms with Crippen molar-refractivity contribution in [3.63, 3.8) is 0 Å². The zero-order chi connectivity index (χ0) is 21.0. The minimum absolute atomic E-state index is 0.0720. The number of anilines is 1. The van der Waals surface area contributed by atoms with Gasteiger partial charge in [0.15, 0.2) is 5.78 Å². The lowest BCUT2D eigenvalue weighted by molar-refractivity contribution is -0.130. The summed E-state index contributed by atoms with van der Waals surface area (Å²) < 4.78 is 37.7. The summed E-state index contributed by atoms with van der Waals surface area (Å²) >= 11 is 0. The molecule has 0 radical (unpaired) electrons. The molecule has 0 N–H and O–H groups in total. The van der Waals surface area contributed by atoms with Gasteiger partial charge in [0.05, 0.1) is 18.3 Å². The lowest BCUT2D eigenvalue weighted by Crippen LogP contribution is -2.47. The maximum atomic E-state index is 13.0. The van der Waals surface area contributed by atoms with Gasteiger partial charge in [-0.25, -0.2) is 4.79 Å². The van der Waals surface area contributed by atoms with Crippen LogP contribution >= 0.6 is 0 Å². The van der Waals surface area contributed by atoms with E-state index < -0.39 is 27.5 Å². The zero-order valence-corrected chi connectivity index (χ0v) is 17.1. The SMILES string of the molecule is CC(=O)C(C)O[C@@H]1Cc2ccccc2N(S(=O)(=O)C(=O)OCc2ccccc2)C1. The van der Waals surface area contributed by atoms with E-state index >= 15 is 0 Å². The smallest absolute Gasteiger partial charge is 0.445 e. The summed E-state index contributed by atoms with van der Waals surface area (Å²) in [5, 5.41) is -1.32. The van der Waals surface area contributed by atoms with Crippen LogP contribution in [0.1, 0.15) is 25.0 Å². The van der Waals surface area contributed by atoms with Crippen molar-refractivity contribution in [1.29, 1.82) is 0 Å². The lowest BCUT2D eigenvalue weighted by atomic mass is 10.0. The first-order valence-electron chi connectivity index (χ1n) is 9.26. The fourth-order valence-electron chi connectivity index (χ4n) is 3.10. The van der Waals surface area contributed by atoms with Crippen LogP contribution in [0.4, 0.5) is 10.5 Å². The molecule has 0 spiro atoms. The van der Waals surface area contributed by atoms with Gasteiger partial charge in [-0.1, -0.05) is 48.5 Å². The molecule has 3 rings (SSSR count). The van der Waals surface area contributed by atoms with Crippen molar-refractivity contribution in [2.75, 3.05) is 10.8 Å². The highest BCUT2D eigenvalue weighted by Crippen LogP contribution is 2.31. The number of rotatable bonds is 6. The predicted molar refractivity (Wildman–Crippen MR) is 108 cm³/mol. The quantitative estimate of drug-likeness (QED) is 0.671. The van der Waals surface area contributed by atoms with Crippen molar-refractivity contribution in [3.05, 3.63) is 65.7 Å². The van der Waals surface area contributed by atoms with E-state index in [0.717, 1.165) is 9.87 Å². The maximum absolute atomic E-state index is 13.0. The highest BCUT2D eigenvalue weighted by Gasteiger charge is 2.39. The van der Waals surface area contributed by atoms with Crippen LogP contribution in [0.3, 0.4) is 0 Å². The fourth-order valence-corrected chi connectivity index (χ4v) is 4.29. The Morgan fingerprint density at radius 3 is 2.45 bits per heavy atom. The molecule has 0 saturated carbocycles. The van der Waals surface area contributed by atoms with Crippen LogP contribution in [-0.4, -0.2) is 38.3 Å². The Morgan fingerprint density at radius 1 is 1.10 bits per heavy atom. The maximum Gasteiger partial charge on any atom is 0.445 e. The molecule has 7 nitrogen and oxygen atoms in total. The Hall–Kier alpha value is -2.71. The van der Waals surface area contributed by atoms with E-state index in [4.69, 9.17) is 9.47 Å². The molecule has 1 heterocycles. The number of carbonyl (C=O) groups excluding carboxylic acids is 2. The Morgan fingerprint density at radius 2 is 1.76 bits per heavy atom. The van der Waals surface area contributed by atoms with Gasteiger partial charge in [-0.05, 0) is 31.0 Å². The molecule has 1 aliphatic heterocycles. The Kier molecular flexibility index (Phi) is 6.34. The number of carbonyl (C=O) groups is 2. The van der Waals surface area contributed by atoms with Crippen molar-refractivity contribution in [2.45, 2.75) is 39.1 Å². The van der Waals surface area contributed by atoms with E-state index in [1.807, 2.05) is 6.07 Å². The highest BCUT2D eigenvalue weighted by molar-refractivity contribution is 8.06. The van der Waals surface area contributed by atoms with Gasteiger partial charge < -0.3 is 9.47 Å². The van der Waals surface area contributed by atoms with E-state index in [2.05, 4.69) is 0 Å². The van der Waals surface area contributed by atoms with Crippen LogP contribution < -0.4 is 4.31 Å². The van der Waals surface area contributed by atoms with Crippen molar-refractivity contribution in [1.82, 2.24) is 0 Å². The molecule has 1 aliphatic rings. The number of ketones is 1. The standard InChI is InChI=1S/C21H23NO6S/c1-15(23)16(2)28-19-12-18-10-6-7-11-20(18)22(13-19)29(25,26)21(24)27-14-17-8-4-3-5-9-17/h3-11,16,19H,12-14H2,1-2H3/t16?,19-/m1/s1. The van der Waals surface area contributed by atoms with E-state index in [1.54, 1.807) is 55.5 Å². The van der Waals surface area contributed by atoms with Crippen LogP contribution in [0.5, 0.6) is 0 Å². The number of benzene rings is 2. The molecule has 29 heavy (non-hydrogen) atoms. The number of hydrogen-bond acceptors (Lipinski definition) is 6. The van der Waals surface area contributed by atoms with Crippen LogP contribution in [0, 0.1) is 0 Å². The second kappa shape index (κ2) is 8.75. The largest absolute Gasteiger partial charge is 0.448 e. The second-order valence-corrected chi connectivity index (χ2v) is 8.63. The number of para-hydroxylation sites is 1. The first-order chi connectivity index (χ1) is 13.8. The third-order valence-corrected chi connectivity index (χ3v) is 6.21. The summed E-state index contributed by atoms with van der Waals surface area (Å²) in [6.07, 6.45) is -0.779. The molecule has 0 amide bonds.